The summed E-state index contributed by atoms with van der Waals surface area (Å²) in [6, 6.07) is 11.6. The number of nitrogens with zero attached hydrogens (tertiary/aromatic N) is 1. The molecule has 10 heteroatoms. The number of amidine groups is 1. The summed E-state index contributed by atoms with van der Waals surface area (Å²) in [7, 11) is 0. The van der Waals surface area contributed by atoms with Crippen molar-refractivity contribution in [1.29, 1.82) is 0 Å². The van der Waals surface area contributed by atoms with E-state index in [0.29, 0.717) is 58.0 Å². The molecule has 0 aliphatic carbocycles. The molecule has 1 aliphatic rings. The van der Waals surface area contributed by atoms with Crippen LogP contribution in [0.25, 0.3) is 6.08 Å². The Bertz CT molecular complexity index is 1160. The number of aliphatic carboxylic acids is 1. The van der Waals surface area contributed by atoms with Crippen LogP contribution < -0.4 is 14.8 Å². The predicted molar refractivity (Wildman–Crippen MR) is 133 cm³/mol. The van der Waals surface area contributed by atoms with Crippen LogP contribution in [0.2, 0.25) is 0 Å². The van der Waals surface area contributed by atoms with Gasteiger partial charge in [0.15, 0.2) is 22.8 Å². The van der Waals surface area contributed by atoms with Gasteiger partial charge in [-0.2, -0.15) is 0 Å². The highest BCUT2D eigenvalue weighted by Crippen LogP contribution is 2.33. The van der Waals surface area contributed by atoms with Crippen molar-refractivity contribution in [1.82, 2.24) is 5.32 Å². The van der Waals surface area contributed by atoms with Crippen LogP contribution >= 0.6 is 11.8 Å². The lowest BCUT2D eigenvalue weighted by molar-refractivity contribution is -0.145. The van der Waals surface area contributed by atoms with Crippen molar-refractivity contribution in [3.05, 3.63) is 58.5 Å². The Labute approximate surface area is 207 Å². The third-order valence-electron chi connectivity index (χ3n) is 4.74. The van der Waals surface area contributed by atoms with Gasteiger partial charge in [-0.15, -0.1) is 0 Å². The molecule has 1 fully saturated rings. The van der Waals surface area contributed by atoms with Gasteiger partial charge in [0.25, 0.3) is 5.91 Å². The summed E-state index contributed by atoms with van der Waals surface area (Å²) >= 11 is 1.18. The van der Waals surface area contributed by atoms with Crippen molar-refractivity contribution in [3.63, 3.8) is 0 Å². The normalized spacial score (nSPS) is 16.1. The van der Waals surface area contributed by atoms with Gasteiger partial charge in [-0.1, -0.05) is 13.0 Å². The number of carboxylic acid groups (broad SMARTS) is 1. The summed E-state index contributed by atoms with van der Waals surface area (Å²) in [5.41, 5.74) is 1.68. The largest absolute Gasteiger partial charge is 0.490 e. The fourth-order valence-electron chi connectivity index (χ4n) is 3.08. The van der Waals surface area contributed by atoms with E-state index in [0.717, 1.165) is 0 Å². The number of carbonyl (C=O) groups excluding carboxylic acids is 2. The number of rotatable bonds is 10. The third kappa shape index (κ3) is 6.86. The minimum Gasteiger partial charge on any atom is -0.490 e. The number of esters is 1. The number of hydrogen-bond acceptors (Lipinski definition) is 8. The van der Waals surface area contributed by atoms with E-state index in [9.17, 15) is 19.5 Å². The average molecular weight is 499 g/mol. The Morgan fingerprint density at radius 2 is 1.83 bits per heavy atom. The van der Waals surface area contributed by atoms with Crippen LogP contribution in [0.5, 0.6) is 11.5 Å². The van der Waals surface area contributed by atoms with Gasteiger partial charge in [0.05, 0.1) is 29.4 Å². The summed E-state index contributed by atoms with van der Waals surface area (Å²) in [4.78, 5) is 40.4. The zero-order valence-electron chi connectivity index (χ0n) is 19.6. The molecule has 1 atom stereocenters. The Hall–Kier alpha value is -3.79. The SMILES string of the molecule is CCOC(=O)c1ccc(N=C2NC(=O)/C(=C\c3ccc(OC(CC)C(=O)O)c(OCC)c3)S2)cc1. The van der Waals surface area contributed by atoms with E-state index >= 15 is 0 Å². The molecule has 3 rings (SSSR count). The van der Waals surface area contributed by atoms with Crippen LogP contribution in [0.3, 0.4) is 0 Å². The van der Waals surface area contributed by atoms with E-state index in [4.69, 9.17) is 14.2 Å². The van der Waals surface area contributed by atoms with E-state index in [2.05, 4.69) is 10.3 Å². The van der Waals surface area contributed by atoms with Gasteiger partial charge < -0.3 is 24.6 Å². The molecular formula is C25H26N2O7S. The number of hydrogen-bond donors (Lipinski definition) is 2. The minimum atomic E-state index is -1.05. The number of thioether (sulfide) groups is 1. The van der Waals surface area contributed by atoms with Gasteiger partial charge in [-0.05, 0) is 80.1 Å². The number of carbonyl (C=O) groups is 3. The molecule has 1 amide bonds. The van der Waals surface area contributed by atoms with Crippen molar-refractivity contribution < 1.29 is 33.7 Å². The number of benzene rings is 2. The molecule has 2 aromatic rings. The summed E-state index contributed by atoms with van der Waals surface area (Å²) in [6.07, 6.45) is 1.00. The summed E-state index contributed by atoms with van der Waals surface area (Å²) < 4.78 is 16.2. The standard InChI is InChI=1S/C25H26N2O7S/c1-4-18(23(29)30)34-19-12-7-15(13-20(19)32-5-2)14-21-22(28)27-25(35-21)26-17-10-8-16(9-11-17)24(31)33-6-3/h7-14,18H,4-6H2,1-3H3,(H,29,30)(H,26,27,28)/b21-14+. The molecule has 2 aromatic carbocycles. The van der Waals surface area contributed by atoms with Crippen LogP contribution in [-0.2, 0) is 14.3 Å². The smallest absolute Gasteiger partial charge is 0.344 e. The molecule has 0 saturated carbocycles. The van der Waals surface area contributed by atoms with E-state index in [-0.39, 0.29) is 5.91 Å². The van der Waals surface area contributed by atoms with E-state index in [1.165, 1.54) is 11.8 Å². The number of nitrogens with one attached hydrogen (secondary N) is 1. The lowest BCUT2D eigenvalue weighted by Crippen LogP contribution is -2.26. The quantitative estimate of drug-likeness (QED) is 0.365. The van der Waals surface area contributed by atoms with E-state index in [1.54, 1.807) is 62.4 Å². The van der Waals surface area contributed by atoms with Crippen molar-refractivity contribution in [2.75, 3.05) is 13.2 Å². The molecule has 35 heavy (non-hydrogen) atoms. The van der Waals surface area contributed by atoms with Crippen LogP contribution in [0, 0.1) is 0 Å². The summed E-state index contributed by atoms with van der Waals surface area (Å²) in [5, 5.41) is 12.4. The Balaban J connectivity index is 1.77. The third-order valence-corrected chi connectivity index (χ3v) is 5.65. The maximum atomic E-state index is 12.5. The maximum absolute atomic E-state index is 12.5. The van der Waals surface area contributed by atoms with Gasteiger partial charge in [0, 0.05) is 0 Å². The molecule has 0 spiro atoms. The number of amides is 1. The topological polar surface area (TPSA) is 124 Å². The van der Waals surface area contributed by atoms with E-state index < -0.39 is 18.0 Å². The highest BCUT2D eigenvalue weighted by atomic mass is 32.2. The molecule has 184 valence electrons. The fourth-order valence-corrected chi connectivity index (χ4v) is 3.92. The molecule has 1 saturated heterocycles. The van der Waals surface area contributed by atoms with Crippen LogP contribution in [0.4, 0.5) is 5.69 Å². The second kappa shape index (κ2) is 12.1. The summed E-state index contributed by atoms with van der Waals surface area (Å²) in [5.74, 6) is -1.05. The molecular weight excluding hydrogens is 472 g/mol. The second-order valence-electron chi connectivity index (χ2n) is 7.24. The van der Waals surface area contributed by atoms with Gasteiger partial charge in [-0.25, -0.2) is 14.6 Å². The van der Waals surface area contributed by atoms with Gasteiger partial charge in [0.1, 0.15) is 0 Å². The summed E-state index contributed by atoms with van der Waals surface area (Å²) in [6.45, 7) is 5.93. The van der Waals surface area contributed by atoms with Crippen molar-refractivity contribution in [2.45, 2.75) is 33.3 Å². The lowest BCUT2D eigenvalue weighted by atomic mass is 10.1. The van der Waals surface area contributed by atoms with E-state index in [1.807, 2.05) is 6.92 Å². The van der Waals surface area contributed by atoms with Crippen LogP contribution in [0.15, 0.2) is 52.4 Å². The first-order chi connectivity index (χ1) is 16.8. The average Bonchev–Trinajstić information content (AvgIpc) is 3.17. The first-order valence-electron chi connectivity index (χ1n) is 11.1. The monoisotopic (exact) mass is 498 g/mol. The van der Waals surface area contributed by atoms with Crippen molar-refractivity contribution >= 4 is 46.5 Å². The maximum Gasteiger partial charge on any atom is 0.344 e. The minimum absolute atomic E-state index is 0.296. The highest BCUT2D eigenvalue weighted by Gasteiger charge is 2.24. The van der Waals surface area contributed by atoms with Crippen LogP contribution in [-0.4, -0.2) is 47.4 Å². The zero-order chi connectivity index (χ0) is 25.4. The molecule has 0 radical (unpaired) electrons. The molecule has 9 nitrogen and oxygen atoms in total. The van der Waals surface area contributed by atoms with Gasteiger partial charge >= 0.3 is 11.9 Å². The van der Waals surface area contributed by atoms with Gasteiger partial charge in [-0.3, -0.25) is 4.79 Å². The Morgan fingerprint density at radius 3 is 2.46 bits per heavy atom. The Kier molecular flexibility index (Phi) is 8.91. The zero-order valence-corrected chi connectivity index (χ0v) is 20.4. The fraction of sp³-hybridized carbons (Fsp3) is 0.280. The Morgan fingerprint density at radius 1 is 1.09 bits per heavy atom. The molecule has 2 N–H and O–H groups in total. The lowest BCUT2D eigenvalue weighted by Gasteiger charge is -2.16. The number of ether oxygens (including phenoxy) is 3. The molecule has 0 aromatic heterocycles. The second-order valence-corrected chi connectivity index (χ2v) is 8.27. The molecule has 0 bridgehead atoms. The van der Waals surface area contributed by atoms with Crippen LogP contribution in [0.1, 0.15) is 43.1 Å². The number of carboxylic acids is 1. The van der Waals surface area contributed by atoms with Gasteiger partial charge in [0.2, 0.25) is 0 Å². The highest BCUT2D eigenvalue weighted by molar-refractivity contribution is 8.18. The van der Waals surface area contributed by atoms with Crippen molar-refractivity contribution in [3.8, 4) is 11.5 Å². The molecule has 1 unspecified atom stereocenters. The molecule has 1 heterocycles. The number of aliphatic imine (C=N–C) groups is 1. The van der Waals surface area contributed by atoms with Crippen molar-refractivity contribution in [2.24, 2.45) is 4.99 Å². The molecule has 1 aliphatic heterocycles. The predicted octanol–water partition coefficient (Wildman–Crippen LogP) is 4.40. The first-order valence-corrected chi connectivity index (χ1v) is 11.9. The first kappa shape index (κ1) is 25.8.